The number of hydrogen-bond acceptors (Lipinski definition) is 6. The minimum Gasteiger partial charge on any atom is -0.376 e. The SMILES string of the molecule is COC(CNc1cccc(S(C)(=O)=O)c1[N+](=O)[O-])c1ccc(F)cc1. The molecule has 0 saturated heterocycles. The van der Waals surface area contributed by atoms with Crippen LogP contribution in [0.1, 0.15) is 11.7 Å². The fourth-order valence-corrected chi connectivity index (χ4v) is 3.23. The molecule has 0 spiro atoms. The Hall–Kier alpha value is -2.52. The summed E-state index contributed by atoms with van der Waals surface area (Å²) in [6.07, 6.45) is 0.414. The van der Waals surface area contributed by atoms with Crippen LogP contribution in [0.25, 0.3) is 0 Å². The molecule has 0 aromatic heterocycles. The largest absolute Gasteiger partial charge is 0.376 e. The summed E-state index contributed by atoms with van der Waals surface area (Å²) >= 11 is 0. The summed E-state index contributed by atoms with van der Waals surface area (Å²) in [5, 5.41) is 14.2. The number of rotatable bonds is 7. The van der Waals surface area contributed by atoms with E-state index in [9.17, 15) is 22.9 Å². The number of benzene rings is 2. The first kappa shape index (κ1) is 18.8. The van der Waals surface area contributed by atoms with Gasteiger partial charge >= 0.3 is 5.69 Å². The van der Waals surface area contributed by atoms with Gasteiger partial charge in [0.05, 0.1) is 11.0 Å². The molecule has 2 aromatic carbocycles. The van der Waals surface area contributed by atoms with E-state index in [0.29, 0.717) is 5.56 Å². The van der Waals surface area contributed by atoms with Gasteiger partial charge in [0, 0.05) is 19.9 Å². The third-order valence-electron chi connectivity index (χ3n) is 3.59. The fraction of sp³-hybridized carbons (Fsp3) is 0.250. The maximum absolute atomic E-state index is 13.0. The van der Waals surface area contributed by atoms with Gasteiger partial charge in [-0.15, -0.1) is 0 Å². The van der Waals surface area contributed by atoms with Crippen molar-refractivity contribution >= 4 is 21.2 Å². The predicted octanol–water partition coefficient (Wildman–Crippen LogP) is 2.94. The van der Waals surface area contributed by atoms with Crippen molar-refractivity contribution in [1.29, 1.82) is 0 Å². The molecule has 2 rings (SSSR count). The first-order valence-corrected chi connectivity index (χ1v) is 9.12. The molecule has 0 aliphatic carbocycles. The molecule has 7 nitrogen and oxygen atoms in total. The molecule has 2 aromatic rings. The maximum Gasteiger partial charge on any atom is 0.310 e. The zero-order chi connectivity index (χ0) is 18.6. The Kier molecular flexibility index (Phi) is 5.70. The number of anilines is 1. The number of nitro groups is 1. The van der Waals surface area contributed by atoms with Crippen molar-refractivity contribution in [2.24, 2.45) is 0 Å². The summed E-state index contributed by atoms with van der Waals surface area (Å²) in [6, 6.07) is 9.70. The Labute approximate surface area is 144 Å². The highest BCUT2D eigenvalue weighted by atomic mass is 32.2. The van der Waals surface area contributed by atoms with Crippen LogP contribution in [0.4, 0.5) is 15.8 Å². The van der Waals surface area contributed by atoms with Crippen LogP contribution in [0.5, 0.6) is 0 Å². The molecule has 0 heterocycles. The Balaban J connectivity index is 2.30. The van der Waals surface area contributed by atoms with Crippen molar-refractivity contribution in [3.05, 3.63) is 64.0 Å². The van der Waals surface area contributed by atoms with Crippen molar-refractivity contribution < 1.29 is 22.5 Å². The van der Waals surface area contributed by atoms with Crippen LogP contribution < -0.4 is 5.32 Å². The second-order valence-electron chi connectivity index (χ2n) is 5.34. The van der Waals surface area contributed by atoms with E-state index in [2.05, 4.69) is 5.32 Å². The normalized spacial score (nSPS) is 12.6. The van der Waals surface area contributed by atoms with Gasteiger partial charge in [0.25, 0.3) is 0 Å². The number of methoxy groups -OCH3 is 1. The molecule has 134 valence electrons. The summed E-state index contributed by atoms with van der Waals surface area (Å²) in [4.78, 5) is 10.2. The van der Waals surface area contributed by atoms with Crippen molar-refractivity contribution in [2.75, 3.05) is 25.2 Å². The number of para-hydroxylation sites is 1. The quantitative estimate of drug-likeness (QED) is 0.596. The lowest BCUT2D eigenvalue weighted by molar-refractivity contribution is -0.386. The number of nitro benzene ring substituents is 1. The molecule has 1 unspecified atom stereocenters. The van der Waals surface area contributed by atoms with E-state index in [1.165, 1.54) is 37.4 Å². The minimum atomic E-state index is -3.76. The van der Waals surface area contributed by atoms with Gasteiger partial charge in [0.2, 0.25) is 0 Å². The third-order valence-corrected chi connectivity index (χ3v) is 4.71. The summed E-state index contributed by atoms with van der Waals surface area (Å²) in [5.74, 6) is -0.386. The lowest BCUT2D eigenvalue weighted by Crippen LogP contribution is -2.16. The smallest absolute Gasteiger partial charge is 0.310 e. The molecule has 0 fully saturated rings. The summed E-state index contributed by atoms with van der Waals surface area (Å²) in [5.41, 5.74) is 0.231. The first-order chi connectivity index (χ1) is 11.7. The van der Waals surface area contributed by atoms with Crippen molar-refractivity contribution in [3.8, 4) is 0 Å². The molecule has 1 atom stereocenters. The molecule has 0 aliphatic rings. The summed E-state index contributed by atoms with van der Waals surface area (Å²) in [6.45, 7) is 0.135. The zero-order valence-corrected chi connectivity index (χ0v) is 14.4. The lowest BCUT2D eigenvalue weighted by atomic mass is 10.1. The fourth-order valence-electron chi connectivity index (χ4n) is 2.37. The first-order valence-electron chi connectivity index (χ1n) is 7.23. The number of halogens is 1. The Morgan fingerprint density at radius 1 is 1.24 bits per heavy atom. The molecular formula is C16H17FN2O5S. The molecule has 0 aliphatic heterocycles. The van der Waals surface area contributed by atoms with Gasteiger partial charge < -0.3 is 10.1 Å². The van der Waals surface area contributed by atoms with Crippen LogP contribution in [0, 0.1) is 15.9 Å². The van der Waals surface area contributed by atoms with Gasteiger partial charge in [0.1, 0.15) is 16.4 Å². The number of ether oxygens (including phenoxy) is 1. The van der Waals surface area contributed by atoms with Crippen molar-refractivity contribution in [3.63, 3.8) is 0 Å². The number of sulfone groups is 1. The molecule has 0 bridgehead atoms. The van der Waals surface area contributed by atoms with E-state index in [0.717, 1.165) is 6.26 Å². The number of nitrogens with zero attached hydrogens (tertiary/aromatic N) is 1. The number of hydrogen-bond donors (Lipinski definition) is 1. The topological polar surface area (TPSA) is 98.5 Å². The molecular weight excluding hydrogens is 351 g/mol. The van der Waals surface area contributed by atoms with Gasteiger partial charge in [-0.2, -0.15) is 0 Å². The molecule has 9 heteroatoms. The molecule has 1 N–H and O–H groups in total. The molecule has 0 radical (unpaired) electrons. The Morgan fingerprint density at radius 2 is 1.88 bits per heavy atom. The van der Waals surface area contributed by atoms with Gasteiger partial charge in [-0.05, 0) is 29.8 Å². The van der Waals surface area contributed by atoms with Crippen LogP contribution in [0.2, 0.25) is 0 Å². The van der Waals surface area contributed by atoms with Gasteiger partial charge in [0.15, 0.2) is 9.84 Å². The average molecular weight is 368 g/mol. The van der Waals surface area contributed by atoms with Gasteiger partial charge in [-0.25, -0.2) is 12.8 Å². The van der Waals surface area contributed by atoms with Crippen LogP contribution >= 0.6 is 0 Å². The molecule has 0 amide bonds. The Morgan fingerprint density at radius 3 is 2.40 bits per heavy atom. The summed E-state index contributed by atoms with van der Waals surface area (Å²) in [7, 11) is -2.30. The maximum atomic E-state index is 13.0. The minimum absolute atomic E-state index is 0.0667. The number of nitrogens with one attached hydrogen (secondary N) is 1. The van der Waals surface area contributed by atoms with E-state index in [4.69, 9.17) is 4.74 Å². The standard InChI is InChI=1S/C16H17FN2O5S/c1-24-14(11-6-8-12(17)9-7-11)10-18-13-4-3-5-15(25(2,22)23)16(13)19(20)21/h3-9,14,18H,10H2,1-2H3. The molecule has 0 saturated carbocycles. The van der Waals surface area contributed by atoms with Gasteiger partial charge in [-0.1, -0.05) is 18.2 Å². The van der Waals surface area contributed by atoms with Crippen LogP contribution in [-0.4, -0.2) is 33.3 Å². The highest BCUT2D eigenvalue weighted by molar-refractivity contribution is 7.90. The van der Waals surface area contributed by atoms with Gasteiger partial charge in [-0.3, -0.25) is 10.1 Å². The highest BCUT2D eigenvalue weighted by Gasteiger charge is 2.26. The lowest BCUT2D eigenvalue weighted by Gasteiger charge is -2.17. The second kappa shape index (κ2) is 7.58. The van der Waals surface area contributed by atoms with E-state index in [1.807, 2.05) is 0 Å². The van der Waals surface area contributed by atoms with Crippen molar-refractivity contribution in [2.45, 2.75) is 11.0 Å². The highest BCUT2D eigenvalue weighted by Crippen LogP contribution is 2.32. The van der Waals surface area contributed by atoms with Crippen LogP contribution in [0.15, 0.2) is 47.4 Å². The van der Waals surface area contributed by atoms with Crippen molar-refractivity contribution in [1.82, 2.24) is 0 Å². The second-order valence-corrected chi connectivity index (χ2v) is 7.32. The Bertz CT molecular complexity index is 869. The predicted molar refractivity (Wildman–Crippen MR) is 90.8 cm³/mol. The van der Waals surface area contributed by atoms with Crippen LogP contribution in [0.3, 0.4) is 0 Å². The monoisotopic (exact) mass is 368 g/mol. The molecule has 25 heavy (non-hydrogen) atoms. The van der Waals surface area contributed by atoms with E-state index in [-0.39, 0.29) is 22.9 Å². The van der Waals surface area contributed by atoms with Crippen LogP contribution in [-0.2, 0) is 14.6 Å². The van der Waals surface area contributed by atoms with E-state index >= 15 is 0 Å². The van der Waals surface area contributed by atoms with E-state index < -0.39 is 26.6 Å². The van der Waals surface area contributed by atoms with E-state index in [1.54, 1.807) is 12.1 Å². The zero-order valence-electron chi connectivity index (χ0n) is 13.6. The average Bonchev–Trinajstić information content (AvgIpc) is 2.55. The third kappa shape index (κ3) is 4.52. The summed E-state index contributed by atoms with van der Waals surface area (Å²) < 4.78 is 41.9.